The topological polar surface area (TPSA) is 83.2 Å². The van der Waals surface area contributed by atoms with E-state index in [0.29, 0.717) is 17.1 Å². The molecule has 2 rings (SSSR count). The molecule has 7 heteroatoms. The number of nitrogens with zero attached hydrogens (tertiary/aromatic N) is 3. The van der Waals surface area contributed by atoms with E-state index in [2.05, 4.69) is 33.4 Å². The molecule has 132 valence electrons. The van der Waals surface area contributed by atoms with Crippen LogP contribution in [-0.4, -0.2) is 28.7 Å². The zero-order valence-electron chi connectivity index (χ0n) is 14.2. The summed E-state index contributed by atoms with van der Waals surface area (Å²) in [5.74, 6) is -0.0759. The van der Waals surface area contributed by atoms with Gasteiger partial charge in [-0.3, -0.25) is 10.4 Å². The van der Waals surface area contributed by atoms with Gasteiger partial charge in [0, 0.05) is 12.3 Å². The Morgan fingerprint density at radius 1 is 1.31 bits per heavy atom. The quantitative estimate of drug-likeness (QED) is 0.471. The Hall–Kier alpha value is -3.61. The van der Waals surface area contributed by atoms with Crippen molar-refractivity contribution in [1.82, 2.24) is 9.97 Å². The van der Waals surface area contributed by atoms with E-state index >= 15 is 0 Å². The summed E-state index contributed by atoms with van der Waals surface area (Å²) in [6.07, 6.45) is 7.26. The lowest BCUT2D eigenvalue weighted by Gasteiger charge is -2.09. The second kappa shape index (κ2) is 9.03. The highest BCUT2D eigenvalue weighted by molar-refractivity contribution is 6.13. The maximum absolute atomic E-state index is 13.9. The summed E-state index contributed by atoms with van der Waals surface area (Å²) in [5.41, 5.74) is 1.14. The van der Waals surface area contributed by atoms with Crippen LogP contribution in [0.5, 0.6) is 5.88 Å². The normalized spacial score (nSPS) is 10.6. The first-order valence-corrected chi connectivity index (χ1v) is 7.59. The fourth-order valence-electron chi connectivity index (χ4n) is 1.91. The van der Waals surface area contributed by atoms with E-state index in [9.17, 15) is 4.39 Å². The molecule has 0 aliphatic heterocycles. The highest BCUT2D eigenvalue weighted by atomic mass is 19.1. The monoisotopic (exact) mass is 351 g/mol. The van der Waals surface area contributed by atoms with E-state index in [-0.39, 0.29) is 17.4 Å². The molecule has 0 amide bonds. The number of rotatable bonds is 6. The minimum atomic E-state index is -0.543. The van der Waals surface area contributed by atoms with Gasteiger partial charge >= 0.3 is 0 Å². The Morgan fingerprint density at radius 2 is 2.08 bits per heavy atom. The summed E-state index contributed by atoms with van der Waals surface area (Å²) in [7, 11) is 1.49. The zero-order chi connectivity index (χ0) is 18.9. The number of aromatic nitrogens is 2. The third-order valence-electron chi connectivity index (χ3n) is 3.22. The molecule has 0 saturated heterocycles. The fourth-order valence-corrected chi connectivity index (χ4v) is 1.91. The van der Waals surface area contributed by atoms with E-state index in [1.165, 1.54) is 19.4 Å². The summed E-state index contributed by atoms with van der Waals surface area (Å²) in [4.78, 5) is 12.1. The van der Waals surface area contributed by atoms with Crippen LogP contribution in [0.25, 0.3) is 0 Å². The van der Waals surface area contributed by atoms with Crippen molar-refractivity contribution in [2.75, 3.05) is 12.4 Å². The molecular weight excluding hydrogens is 333 g/mol. The van der Waals surface area contributed by atoms with Gasteiger partial charge in [-0.05, 0) is 23.8 Å². The molecule has 0 aliphatic carbocycles. The van der Waals surface area contributed by atoms with Gasteiger partial charge in [-0.1, -0.05) is 31.4 Å². The van der Waals surface area contributed by atoms with E-state index in [1.807, 2.05) is 0 Å². The first kappa shape index (κ1) is 18.7. The van der Waals surface area contributed by atoms with Crippen LogP contribution in [0.4, 0.5) is 10.1 Å². The molecule has 0 bridgehead atoms. The van der Waals surface area contributed by atoms with Crippen molar-refractivity contribution in [3.8, 4) is 5.88 Å². The van der Waals surface area contributed by atoms with Gasteiger partial charge in [-0.2, -0.15) is 0 Å². The minimum absolute atomic E-state index is 0.121. The number of hydrogen-bond acceptors (Lipinski definition) is 4. The summed E-state index contributed by atoms with van der Waals surface area (Å²) in [6, 6.07) is 6.47. The van der Waals surface area contributed by atoms with Crippen molar-refractivity contribution in [3.63, 3.8) is 0 Å². The predicted molar refractivity (Wildman–Crippen MR) is 101 cm³/mol. The number of allylic oxidation sites excluding steroid dienone is 3. The number of nitrogens with one attached hydrogen (secondary N) is 2. The van der Waals surface area contributed by atoms with Crippen LogP contribution in [-0.2, 0) is 0 Å². The third-order valence-corrected chi connectivity index (χ3v) is 3.22. The molecule has 2 N–H and O–H groups in total. The van der Waals surface area contributed by atoms with E-state index < -0.39 is 5.82 Å². The summed E-state index contributed by atoms with van der Waals surface area (Å²) in [6.45, 7) is 7.36. The molecule has 6 nitrogen and oxygen atoms in total. The molecule has 26 heavy (non-hydrogen) atoms. The molecule has 0 spiro atoms. The van der Waals surface area contributed by atoms with E-state index in [4.69, 9.17) is 10.1 Å². The molecule has 0 saturated carbocycles. The predicted octanol–water partition coefficient (Wildman–Crippen LogP) is 3.76. The molecule has 0 atom stereocenters. The van der Waals surface area contributed by atoms with Gasteiger partial charge in [0.1, 0.15) is 11.5 Å². The lowest BCUT2D eigenvalue weighted by atomic mass is 10.2. The Labute approximate surface area is 151 Å². The van der Waals surface area contributed by atoms with Gasteiger partial charge < -0.3 is 10.1 Å². The summed E-state index contributed by atoms with van der Waals surface area (Å²) in [5, 5.41) is 11.0. The summed E-state index contributed by atoms with van der Waals surface area (Å²) >= 11 is 0. The molecule has 2 aromatic rings. The van der Waals surface area contributed by atoms with E-state index in [1.54, 1.807) is 36.4 Å². The molecule has 0 aromatic carbocycles. The minimum Gasteiger partial charge on any atom is -0.481 e. The lowest BCUT2D eigenvalue weighted by molar-refractivity contribution is 0.397. The third kappa shape index (κ3) is 4.94. The molecule has 0 fully saturated rings. The van der Waals surface area contributed by atoms with Gasteiger partial charge in [0.25, 0.3) is 0 Å². The molecule has 2 heterocycles. The summed E-state index contributed by atoms with van der Waals surface area (Å²) < 4.78 is 18.9. The van der Waals surface area contributed by atoms with Gasteiger partial charge in [0.05, 0.1) is 19.0 Å². The second-order valence-corrected chi connectivity index (χ2v) is 4.94. The largest absolute Gasteiger partial charge is 0.481 e. The number of ether oxygens (including phenoxy) is 1. The molecule has 0 radical (unpaired) electrons. The second-order valence-electron chi connectivity index (χ2n) is 4.94. The zero-order valence-corrected chi connectivity index (χ0v) is 14.2. The van der Waals surface area contributed by atoms with Crippen molar-refractivity contribution >= 4 is 17.4 Å². The number of aliphatic imine (C=N–C) groups is 1. The highest BCUT2D eigenvalue weighted by Gasteiger charge is 2.08. The van der Waals surface area contributed by atoms with Crippen molar-refractivity contribution in [1.29, 1.82) is 5.41 Å². The molecule has 0 unspecified atom stereocenters. The van der Waals surface area contributed by atoms with Crippen LogP contribution >= 0.6 is 0 Å². The number of pyridine rings is 2. The van der Waals surface area contributed by atoms with Gasteiger partial charge in [-0.15, -0.1) is 0 Å². The SMILES string of the molecule is C=CC(C=C)=C/C(=N\C(=N)c1cccc(OC)n1)Nc1ccncc1F. The Bertz CT molecular complexity index is 879. The molecule has 0 aliphatic rings. The van der Waals surface area contributed by atoms with Crippen molar-refractivity contribution in [2.24, 2.45) is 4.99 Å². The smallest absolute Gasteiger partial charge is 0.213 e. The number of methoxy groups -OCH3 is 1. The molecular formula is C19H18FN5O. The average molecular weight is 351 g/mol. The fraction of sp³-hybridized carbons (Fsp3) is 0.0526. The number of hydrogen-bond donors (Lipinski definition) is 2. The Kier molecular flexibility index (Phi) is 6.50. The number of amidine groups is 2. The lowest BCUT2D eigenvalue weighted by Crippen LogP contribution is -2.14. The van der Waals surface area contributed by atoms with Crippen LogP contribution in [0.1, 0.15) is 5.69 Å². The van der Waals surface area contributed by atoms with Crippen LogP contribution < -0.4 is 10.1 Å². The Morgan fingerprint density at radius 3 is 2.73 bits per heavy atom. The number of halogens is 1. The average Bonchev–Trinajstić information content (AvgIpc) is 2.67. The number of anilines is 1. The van der Waals surface area contributed by atoms with Gasteiger partial charge in [0.2, 0.25) is 5.88 Å². The van der Waals surface area contributed by atoms with Crippen molar-refractivity contribution in [3.05, 3.63) is 85.1 Å². The van der Waals surface area contributed by atoms with Crippen LogP contribution in [0, 0.1) is 11.2 Å². The maximum atomic E-state index is 13.9. The Balaban J connectivity index is 2.41. The first-order valence-electron chi connectivity index (χ1n) is 7.59. The molecule has 2 aromatic heterocycles. The maximum Gasteiger partial charge on any atom is 0.213 e. The van der Waals surface area contributed by atoms with Crippen LogP contribution in [0.3, 0.4) is 0 Å². The van der Waals surface area contributed by atoms with Crippen LogP contribution in [0.15, 0.2) is 78.6 Å². The van der Waals surface area contributed by atoms with Crippen LogP contribution in [0.2, 0.25) is 0 Å². The van der Waals surface area contributed by atoms with Gasteiger partial charge in [0.15, 0.2) is 11.7 Å². The first-order chi connectivity index (χ1) is 12.6. The van der Waals surface area contributed by atoms with Crippen molar-refractivity contribution < 1.29 is 9.13 Å². The van der Waals surface area contributed by atoms with E-state index in [0.717, 1.165) is 6.20 Å². The standard InChI is InChI=1S/C19H18FN5O/c1-4-13(5-2)11-17(23-15-9-10-22-12-14(15)20)25-19(21)16-7-6-8-18(24-16)26-3/h4-12H,1-2H2,3H3,(H2,21,22,23,25). The van der Waals surface area contributed by atoms with Gasteiger partial charge in [-0.25, -0.2) is 14.4 Å². The highest BCUT2D eigenvalue weighted by Crippen LogP contribution is 2.13. The van der Waals surface area contributed by atoms with Crippen molar-refractivity contribution in [2.45, 2.75) is 0 Å².